The lowest BCUT2D eigenvalue weighted by atomic mass is 9.96. The van der Waals surface area contributed by atoms with Gasteiger partial charge in [-0.3, -0.25) is 4.98 Å². The van der Waals surface area contributed by atoms with Gasteiger partial charge in [-0.1, -0.05) is 43.8 Å². The minimum absolute atomic E-state index is 0.116. The standard InChI is InChI=1S/C16H20N6OS/c1-16(2,3)14-19-13(23-21-14)10-24-15-20-18-11-22(15)9-7-12-6-4-5-8-17-12/h4-6,8,11H,7,9-10H2,1-3H3. The Bertz CT molecular complexity index is 777. The topological polar surface area (TPSA) is 82.5 Å². The average Bonchev–Trinajstić information content (AvgIpc) is 3.20. The van der Waals surface area contributed by atoms with E-state index in [1.54, 1.807) is 12.5 Å². The first-order chi connectivity index (χ1) is 11.5. The number of thioether (sulfide) groups is 1. The molecule has 126 valence electrons. The second kappa shape index (κ2) is 7.12. The lowest BCUT2D eigenvalue weighted by molar-refractivity contribution is 0.372. The Balaban J connectivity index is 1.58. The maximum absolute atomic E-state index is 5.31. The van der Waals surface area contributed by atoms with Crippen LogP contribution in [0.15, 0.2) is 40.4 Å². The molecule has 0 N–H and O–H groups in total. The second-order valence-electron chi connectivity index (χ2n) is 6.43. The van der Waals surface area contributed by atoms with E-state index in [1.165, 1.54) is 11.8 Å². The van der Waals surface area contributed by atoms with E-state index in [9.17, 15) is 0 Å². The summed E-state index contributed by atoms with van der Waals surface area (Å²) in [5, 5.41) is 13.0. The number of nitrogens with zero attached hydrogens (tertiary/aromatic N) is 6. The molecule has 0 saturated carbocycles. The zero-order valence-corrected chi connectivity index (χ0v) is 14.8. The van der Waals surface area contributed by atoms with Gasteiger partial charge in [0.15, 0.2) is 11.0 Å². The van der Waals surface area contributed by atoms with Crippen LogP contribution in [0.2, 0.25) is 0 Å². The highest BCUT2D eigenvalue weighted by Crippen LogP contribution is 2.23. The van der Waals surface area contributed by atoms with Crippen LogP contribution in [0.5, 0.6) is 0 Å². The molecule has 8 heteroatoms. The number of hydrogen-bond donors (Lipinski definition) is 0. The summed E-state index contributed by atoms with van der Waals surface area (Å²) in [4.78, 5) is 8.77. The molecular formula is C16H20N6OS. The van der Waals surface area contributed by atoms with E-state index in [0.29, 0.717) is 11.6 Å². The first-order valence-electron chi connectivity index (χ1n) is 7.76. The summed E-state index contributed by atoms with van der Waals surface area (Å²) in [5.41, 5.74) is 0.934. The van der Waals surface area contributed by atoms with Crippen LogP contribution in [-0.2, 0) is 24.1 Å². The van der Waals surface area contributed by atoms with Gasteiger partial charge in [0.1, 0.15) is 6.33 Å². The van der Waals surface area contributed by atoms with Crippen LogP contribution < -0.4 is 0 Å². The molecule has 24 heavy (non-hydrogen) atoms. The van der Waals surface area contributed by atoms with Crippen LogP contribution in [0.25, 0.3) is 0 Å². The van der Waals surface area contributed by atoms with E-state index in [4.69, 9.17) is 4.52 Å². The monoisotopic (exact) mass is 344 g/mol. The first-order valence-corrected chi connectivity index (χ1v) is 8.74. The highest BCUT2D eigenvalue weighted by Gasteiger charge is 2.21. The zero-order valence-electron chi connectivity index (χ0n) is 14.0. The molecule has 0 spiro atoms. The second-order valence-corrected chi connectivity index (χ2v) is 7.37. The van der Waals surface area contributed by atoms with Crippen molar-refractivity contribution in [1.82, 2.24) is 29.9 Å². The van der Waals surface area contributed by atoms with Gasteiger partial charge < -0.3 is 9.09 Å². The van der Waals surface area contributed by atoms with Crippen molar-refractivity contribution >= 4 is 11.8 Å². The number of pyridine rings is 1. The van der Waals surface area contributed by atoms with Crippen LogP contribution >= 0.6 is 11.8 Å². The van der Waals surface area contributed by atoms with Crippen LogP contribution in [0.1, 0.15) is 38.2 Å². The molecule has 0 aliphatic rings. The summed E-state index contributed by atoms with van der Waals surface area (Å²) in [6.45, 7) is 6.96. The van der Waals surface area contributed by atoms with Crippen molar-refractivity contribution in [1.29, 1.82) is 0 Å². The molecule has 0 aliphatic carbocycles. The maximum Gasteiger partial charge on any atom is 0.237 e. The minimum atomic E-state index is -0.116. The van der Waals surface area contributed by atoms with Crippen molar-refractivity contribution in [2.75, 3.05) is 0 Å². The van der Waals surface area contributed by atoms with Gasteiger partial charge in [0.2, 0.25) is 5.89 Å². The Morgan fingerprint density at radius 2 is 2.12 bits per heavy atom. The molecule has 3 aromatic heterocycles. The molecule has 0 aromatic carbocycles. The van der Waals surface area contributed by atoms with Gasteiger partial charge in [0.25, 0.3) is 0 Å². The fourth-order valence-electron chi connectivity index (χ4n) is 2.03. The molecule has 7 nitrogen and oxygen atoms in total. The summed E-state index contributed by atoms with van der Waals surface area (Å²) in [6.07, 6.45) is 4.38. The summed E-state index contributed by atoms with van der Waals surface area (Å²) in [6, 6.07) is 5.93. The van der Waals surface area contributed by atoms with E-state index in [2.05, 4.69) is 46.1 Å². The molecule has 0 aliphatic heterocycles. The number of aryl methyl sites for hydroxylation is 2. The van der Waals surface area contributed by atoms with Gasteiger partial charge in [-0.2, -0.15) is 4.98 Å². The predicted octanol–water partition coefficient (Wildman–Crippen LogP) is 2.89. The SMILES string of the molecule is CC(C)(C)c1noc(CSc2nncn2CCc2ccccn2)n1. The summed E-state index contributed by atoms with van der Waals surface area (Å²) in [7, 11) is 0. The van der Waals surface area contributed by atoms with E-state index in [1.807, 2.05) is 22.8 Å². The van der Waals surface area contributed by atoms with Crippen molar-refractivity contribution in [3.63, 3.8) is 0 Å². The molecule has 0 fully saturated rings. The Kier molecular flexibility index (Phi) is 4.94. The Hall–Kier alpha value is -2.22. The van der Waals surface area contributed by atoms with Crippen molar-refractivity contribution < 1.29 is 4.52 Å². The summed E-state index contributed by atoms with van der Waals surface area (Å²) in [5.74, 6) is 1.89. The Morgan fingerprint density at radius 3 is 2.83 bits per heavy atom. The zero-order chi connectivity index (χ0) is 17.0. The molecular weight excluding hydrogens is 324 g/mol. The number of rotatable bonds is 6. The highest BCUT2D eigenvalue weighted by atomic mass is 32.2. The van der Waals surface area contributed by atoms with E-state index < -0.39 is 0 Å². The lowest BCUT2D eigenvalue weighted by Gasteiger charge is -2.10. The largest absolute Gasteiger partial charge is 0.338 e. The molecule has 0 atom stereocenters. The van der Waals surface area contributed by atoms with Gasteiger partial charge in [-0.15, -0.1) is 10.2 Å². The van der Waals surface area contributed by atoms with Crippen molar-refractivity contribution in [2.24, 2.45) is 0 Å². The minimum Gasteiger partial charge on any atom is -0.338 e. The van der Waals surface area contributed by atoms with E-state index >= 15 is 0 Å². The highest BCUT2D eigenvalue weighted by molar-refractivity contribution is 7.98. The fraction of sp³-hybridized carbons (Fsp3) is 0.438. The molecule has 0 bridgehead atoms. The van der Waals surface area contributed by atoms with Crippen LogP contribution in [0.4, 0.5) is 0 Å². The fourth-order valence-corrected chi connectivity index (χ4v) is 2.81. The quantitative estimate of drug-likeness (QED) is 0.636. The van der Waals surface area contributed by atoms with Gasteiger partial charge in [0, 0.05) is 30.3 Å². The van der Waals surface area contributed by atoms with Crippen molar-refractivity contribution in [2.45, 2.75) is 50.1 Å². The Labute approximate surface area is 144 Å². The van der Waals surface area contributed by atoms with Gasteiger partial charge in [0.05, 0.1) is 5.75 Å². The molecule has 3 rings (SSSR count). The molecule has 3 heterocycles. The summed E-state index contributed by atoms with van der Waals surface area (Å²) < 4.78 is 7.32. The molecule has 0 amide bonds. The van der Waals surface area contributed by atoms with E-state index in [0.717, 1.165) is 29.6 Å². The van der Waals surface area contributed by atoms with E-state index in [-0.39, 0.29) is 5.41 Å². The first kappa shape index (κ1) is 16.6. The van der Waals surface area contributed by atoms with Crippen LogP contribution in [-0.4, -0.2) is 29.9 Å². The van der Waals surface area contributed by atoms with Crippen LogP contribution in [0.3, 0.4) is 0 Å². The molecule has 0 unspecified atom stereocenters. The number of aromatic nitrogens is 6. The molecule has 0 radical (unpaired) electrons. The number of hydrogen-bond acceptors (Lipinski definition) is 7. The molecule has 3 aromatic rings. The van der Waals surface area contributed by atoms with Crippen molar-refractivity contribution in [3.8, 4) is 0 Å². The normalized spacial score (nSPS) is 11.8. The smallest absolute Gasteiger partial charge is 0.237 e. The summed E-state index contributed by atoms with van der Waals surface area (Å²) >= 11 is 1.54. The average molecular weight is 344 g/mol. The third-order valence-corrected chi connectivity index (χ3v) is 4.34. The van der Waals surface area contributed by atoms with Gasteiger partial charge in [-0.05, 0) is 12.1 Å². The van der Waals surface area contributed by atoms with Gasteiger partial charge in [-0.25, -0.2) is 0 Å². The predicted molar refractivity (Wildman–Crippen MR) is 90.5 cm³/mol. The van der Waals surface area contributed by atoms with Gasteiger partial charge >= 0.3 is 0 Å². The maximum atomic E-state index is 5.31. The lowest BCUT2D eigenvalue weighted by Crippen LogP contribution is -2.13. The third kappa shape index (κ3) is 4.19. The van der Waals surface area contributed by atoms with Crippen molar-refractivity contribution in [3.05, 3.63) is 48.1 Å². The molecule has 0 saturated heterocycles. The third-order valence-electron chi connectivity index (χ3n) is 3.38. The van der Waals surface area contributed by atoms with Crippen LogP contribution in [0, 0.1) is 0 Å². The Morgan fingerprint density at radius 1 is 1.25 bits per heavy atom.